The SMILES string of the molecule is Cc1cc(C)c(-c2onc(C)c2C)c(C)n1. The zero-order valence-corrected chi connectivity index (χ0v) is 10.4. The van der Waals surface area contributed by atoms with E-state index in [9.17, 15) is 0 Å². The Morgan fingerprint density at radius 1 is 1.00 bits per heavy atom. The van der Waals surface area contributed by atoms with Crippen LogP contribution in [0.3, 0.4) is 0 Å². The predicted octanol–water partition coefficient (Wildman–Crippen LogP) is 3.28. The van der Waals surface area contributed by atoms with Crippen LogP contribution in [0.4, 0.5) is 0 Å². The van der Waals surface area contributed by atoms with Crippen LogP contribution in [0.15, 0.2) is 10.6 Å². The van der Waals surface area contributed by atoms with Crippen LogP contribution in [0, 0.1) is 34.6 Å². The maximum atomic E-state index is 5.39. The summed E-state index contributed by atoms with van der Waals surface area (Å²) in [6.07, 6.45) is 0. The third-order valence-electron chi connectivity index (χ3n) is 2.91. The van der Waals surface area contributed by atoms with Crippen molar-refractivity contribution in [3.8, 4) is 11.3 Å². The highest BCUT2D eigenvalue weighted by Crippen LogP contribution is 2.30. The molecule has 0 aliphatic rings. The first-order valence-electron chi connectivity index (χ1n) is 5.38. The van der Waals surface area contributed by atoms with Gasteiger partial charge in [-0.15, -0.1) is 0 Å². The minimum atomic E-state index is 0.847. The number of aryl methyl sites for hydroxylation is 4. The highest BCUT2D eigenvalue weighted by Gasteiger charge is 2.16. The molecule has 3 heteroatoms. The zero-order valence-electron chi connectivity index (χ0n) is 10.4. The second kappa shape index (κ2) is 3.74. The second-order valence-corrected chi connectivity index (χ2v) is 4.26. The lowest BCUT2D eigenvalue weighted by atomic mass is 10.0. The third kappa shape index (κ3) is 1.62. The normalized spacial score (nSPS) is 10.8. The molecule has 0 radical (unpaired) electrons. The van der Waals surface area contributed by atoms with Crippen molar-refractivity contribution in [3.63, 3.8) is 0 Å². The molecule has 2 heterocycles. The Morgan fingerprint density at radius 2 is 1.69 bits per heavy atom. The summed E-state index contributed by atoms with van der Waals surface area (Å²) in [4.78, 5) is 4.47. The Hall–Kier alpha value is -1.64. The summed E-state index contributed by atoms with van der Waals surface area (Å²) >= 11 is 0. The van der Waals surface area contributed by atoms with Gasteiger partial charge in [-0.25, -0.2) is 0 Å². The first-order valence-corrected chi connectivity index (χ1v) is 5.38. The fourth-order valence-corrected chi connectivity index (χ4v) is 2.02. The van der Waals surface area contributed by atoms with E-state index < -0.39 is 0 Å². The Morgan fingerprint density at radius 3 is 2.19 bits per heavy atom. The van der Waals surface area contributed by atoms with Gasteiger partial charge in [0.25, 0.3) is 0 Å². The number of nitrogens with zero attached hydrogens (tertiary/aromatic N) is 2. The van der Waals surface area contributed by atoms with Crippen LogP contribution in [-0.4, -0.2) is 10.1 Å². The topological polar surface area (TPSA) is 38.9 Å². The van der Waals surface area contributed by atoms with Crippen LogP contribution in [0.25, 0.3) is 11.3 Å². The van der Waals surface area contributed by atoms with E-state index in [0.29, 0.717) is 0 Å². The number of aromatic nitrogens is 2. The molecule has 0 saturated heterocycles. The Balaban J connectivity index is 2.69. The summed E-state index contributed by atoms with van der Waals surface area (Å²) in [6.45, 7) is 10.1. The van der Waals surface area contributed by atoms with Crippen molar-refractivity contribution in [2.45, 2.75) is 34.6 Å². The second-order valence-electron chi connectivity index (χ2n) is 4.26. The molecule has 2 rings (SSSR count). The standard InChI is InChI=1S/C13H16N2O/c1-7-6-8(2)14-11(5)12(7)13-9(3)10(4)15-16-13/h6H,1-5H3. The van der Waals surface area contributed by atoms with E-state index in [1.807, 2.05) is 27.7 Å². The summed E-state index contributed by atoms with van der Waals surface area (Å²) in [7, 11) is 0. The summed E-state index contributed by atoms with van der Waals surface area (Å²) < 4.78 is 5.39. The van der Waals surface area contributed by atoms with Gasteiger partial charge in [0.1, 0.15) is 0 Å². The Labute approximate surface area is 95.5 Å². The van der Waals surface area contributed by atoms with E-state index in [2.05, 4.69) is 23.1 Å². The summed E-state index contributed by atoms with van der Waals surface area (Å²) in [6, 6.07) is 2.07. The maximum Gasteiger partial charge on any atom is 0.172 e. The predicted molar refractivity (Wildman–Crippen MR) is 63.4 cm³/mol. The number of pyridine rings is 1. The average molecular weight is 216 g/mol. The van der Waals surface area contributed by atoms with E-state index >= 15 is 0 Å². The lowest BCUT2D eigenvalue weighted by Crippen LogP contribution is -1.94. The smallest absolute Gasteiger partial charge is 0.172 e. The number of hydrogen-bond donors (Lipinski definition) is 0. The van der Waals surface area contributed by atoms with Crippen molar-refractivity contribution in [2.75, 3.05) is 0 Å². The molecule has 0 aromatic carbocycles. The molecule has 0 N–H and O–H groups in total. The molecule has 16 heavy (non-hydrogen) atoms. The molecule has 0 aliphatic heterocycles. The molecular formula is C13H16N2O. The van der Waals surface area contributed by atoms with Gasteiger partial charge in [-0.3, -0.25) is 4.98 Å². The van der Waals surface area contributed by atoms with E-state index in [1.165, 1.54) is 5.56 Å². The molecule has 3 nitrogen and oxygen atoms in total. The third-order valence-corrected chi connectivity index (χ3v) is 2.91. The molecule has 0 bridgehead atoms. The number of hydrogen-bond acceptors (Lipinski definition) is 3. The van der Waals surface area contributed by atoms with Crippen LogP contribution < -0.4 is 0 Å². The molecule has 84 valence electrons. The van der Waals surface area contributed by atoms with Crippen molar-refractivity contribution in [3.05, 3.63) is 34.3 Å². The molecule has 2 aromatic rings. The summed E-state index contributed by atoms with van der Waals surface area (Å²) in [5.41, 5.74) is 6.32. The summed E-state index contributed by atoms with van der Waals surface area (Å²) in [5, 5.41) is 3.99. The van der Waals surface area contributed by atoms with Crippen molar-refractivity contribution in [2.24, 2.45) is 0 Å². The van der Waals surface area contributed by atoms with E-state index in [0.717, 1.165) is 34.0 Å². The largest absolute Gasteiger partial charge is 0.356 e. The molecular weight excluding hydrogens is 200 g/mol. The van der Waals surface area contributed by atoms with Crippen molar-refractivity contribution >= 4 is 0 Å². The molecule has 0 atom stereocenters. The lowest BCUT2D eigenvalue weighted by molar-refractivity contribution is 0.426. The fourth-order valence-electron chi connectivity index (χ4n) is 2.02. The molecule has 0 amide bonds. The molecule has 2 aromatic heterocycles. The van der Waals surface area contributed by atoms with Gasteiger partial charge >= 0.3 is 0 Å². The van der Waals surface area contributed by atoms with Crippen LogP contribution >= 0.6 is 0 Å². The van der Waals surface area contributed by atoms with Gasteiger partial charge in [0.15, 0.2) is 5.76 Å². The van der Waals surface area contributed by atoms with Gasteiger partial charge in [0.05, 0.1) is 5.69 Å². The Bertz CT molecular complexity index is 518. The lowest BCUT2D eigenvalue weighted by Gasteiger charge is -2.07. The summed E-state index contributed by atoms with van der Waals surface area (Å²) in [5.74, 6) is 0.847. The minimum absolute atomic E-state index is 0.847. The van der Waals surface area contributed by atoms with Gasteiger partial charge in [-0.1, -0.05) is 5.16 Å². The maximum absolute atomic E-state index is 5.39. The molecule has 0 saturated carbocycles. The fraction of sp³-hybridized carbons (Fsp3) is 0.385. The van der Waals surface area contributed by atoms with Crippen LogP contribution in [0.2, 0.25) is 0 Å². The molecule has 0 fully saturated rings. The zero-order chi connectivity index (χ0) is 11.9. The Kier molecular flexibility index (Phi) is 2.54. The first-order chi connectivity index (χ1) is 7.50. The van der Waals surface area contributed by atoms with Gasteiger partial charge in [0.2, 0.25) is 0 Å². The minimum Gasteiger partial charge on any atom is -0.356 e. The van der Waals surface area contributed by atoms with Gasteiger partial charge in [0, 0.05) is 22.5 Å². The number of rotatable bonds is 1. The first kappa shape index (κ1) is 10.9. The monoisotopic (exact) mass is 216 g/mol. The molecule has 0 spiro atoms. The van der Waals surface area contributed by atoms with Crippen molar-refractivity contribution in [1.82, 2.24) is 10.1 Å². The van der Waals surface area contributed by atoms with Crippen molar-refractivity contribution < 1.29 is 4.52 Å². The van der Waals surface area contributed by atoms with Gasteiger partial charge in [-0.05, 0) is 46.2 Å². The molecule has 0 aliphatic carbocycles. The van der Waals surface area contributed by atoms with E-state index in [-0.39, 0.29) is 0 Å². The van der Waals surface area contributed by atoms with Gasteiger partial charge < -0.3 is 4.52 Å². The quantitative estimate of drug-likeness (QED) is 0.734. The van der Waals surface area contributed by atoms with E-state index in [4.69, 9.17) is 4.52 Å². The van der Waals surface area contributed by atoms with E-state index in [1.54, 1.807) is 0 Å². The average Bonchev–Trinajstić information content (AvgIpc) is 2.48. The van der Waals surface area contributed by atoms with Crippen LogP contribution in [0.5, 0.6) is 0 Å². The van der Waals surface area contributed by atoms with Crippen molar-refractivity contribution in [1.29, 1.82) is 0 Å². The highest BCUT2D eigenvalue weighted by molar-refractivity contribution is 5.67. The van der Waals surface area contributed by atoms with Crippen LogP contribution in [0.1, 0.15) is 28.2 Å². The van der Waals surface area contributed by atoms with Crippen LogP contribution in [-0.2, 0) is 0 Å². The van der Waals surface area contributed by atoms with Gasteiger partial charge in [-0.2, -0.15) is 0 Å². The molecule has 0 unspecified atom stereocenters. The highest BCUT2D eigenvalue weighted by atomic mass is 16.5.